The highest BCUT2D eigenvalue weighted by atomic mass is 16.5. The van der Waals surface area contributed by atoms with Crippen LogP contribution in [0.5, 0.6) is 0 Å². The first-order chi connectivity index (χ1) is 9.75. The zero-order valence-electron chi connectivity index (χ0n) is 13.0. The Morgan fingerprint density at radius 2 is 2.10 bits per heavy atom. The number of rotatable bonds is 2. The quantitative estimate of drug-likeness (QED) is 0.770. The van der Waals surface area contributed by atoms with Crippen molar-refractivity contribution in [1.29, 1.82) is 0 Å². The number of aliphatic hydroxyl groups is 1. The van der Waals surface area contributed by atoms with E-state index in [9.17, 15) is 14.7 Å². The number of fused-ring (bicyclic) bond motifs is 4. The van der Waals surface area contributed by atoms with Crippen molar-refractivity contribution in [2.45, 2.75) is 57.8 Å². The number of hydrogen-bond acceptors (Lipinski definition) is 4. The van der Waals surface area contributed by atoms with Gasteiger partial charge in [0.2, 0.25) is 11.8 Å². The summed E-state index contributed by atoms with van der Waals surface area (Å²) in [6.45, 7) is 7.79. The molecule has 0 aromatic heterocycles. The molecule has 5 nitrogen and oxygen atoms in total. The summed E-state index contributed by atoms with van der Waals surface area (Å²) in [7, 11) is 0. The molecule has 3 saturated heterocycles. The van der Waals surface area contributed by atoms with Crippen molar-refractivity contribution in [2.24, 2.45) is 23.2 Å². The van der Waals surface area contributed by atoms with E-state index in [-0.39, 0.29) is 35.9 Å². The standard InChI is InChI=1S/C16H23NO4/c1-8-5-6-14(3)16-10(11(16)15(8,4)21-14)12(19)17(13(16)20)9(2)7-18/h8-11,18H,5-7H2,1-4H3. The molecule has 1 N–H and O–H groups in total. The molecule has 1 spiro atoms. The van der Waals surface area contributed by atoms with Crippen LogP contribution < -0.4 is 0 Å². The zero-order chi connectivity index (χ0) is 15.4. The molecule has 0 radical (unpaired) electrons. The first-order valence-corrected chi connectivity index (χ1v) is 7.94. The lowest BCUT2D eigenvalue weighted by Gasteiger charge is -2.45. The lowest BCUT2D eigenvalue weighted by atomic mass is 9.78. The number of hydrogen-bond donors (Lipinski definition) is 1. The minimum atomic E-state index is -0.660. The highest BCUT2D eigenvalue weighted by molar-refractivity contribution is 6.14. The van der Waals surface area contributed by atoms with Gasteiger partial charge in [-0.3, -0.25) is 14.5 Å². The van der Waals surface area contributed by atoms with Gasteiger partial charge in [-0.05, 0) is 39.5 Å². The first-order valence-electron chi connectivity index (χ1n) is 7.94. The second kappa shape index (κ2) is 3.51. The Morgan fingerprint density at radius 1 is 1.43 bits per heavy atom. The van der Waals surface area contributed by atoms with Crippen LogP contribution in [0, 0.1) is 23.2 Å². The molecule has 7 atom stereocenters. The molecular weight excluding hydrogens is 270 g/mol. The average molecular weight is 293 g/mol. The van der Waals surface area contributed by atoms with Gasteiger partial charge < -0.3 is 9.84 Å². The molecule has 4 aliphatic rings. The van der Waals surface area contributed by atoms with E-state index in [1.165, 1.54) is 4.90 Å². The van der Waals surface area contributed by atoms with Gasteiger partial charge in [0.1, 0.15) is 0 Å². The molecule has 2 bridgehead atoms. The highest BCUT2D eigenvalue weighted by Gasteiger charge is 2.94. The SMILES string of the molecule is CC(CO)N1C(=O)C2C3C4(C)OC(C)(CCC4C)C23C1=O. The highest BCUT2D eigenvalue weighted by Crippen LogP contribution is 2.82. The molecular formula is C16H23NO4. The van der Waals surface area contributed by atoms with Gasteiger partial charge in [-0.15, -0.1) is 0 Å². The van der Waals surface area contributed by atoms with E-state index >= 15 is 0 Å². The Labute approximate surface area is 124 Å². The molecule has 3 heterocycles. The molecule has 0 aromatic carbocycles. The van der Waals surface area contributed by atoms with Gasteiger partial charge in [0, 0.05) is 5.92 Å². The van der Waals surface area contributed by atoms with Crippen LogP contribution in [0.1, 0.15) is 40.5 Å². The molecule has 3 aliphatic heterocycles. The van der Waals surface area contributed by atoms with E-state index in [4.69, 9.17) is 4.74 Å². The number of aliphatic hydroxyl groups excluding tert-OH is 1. The van der Waals surface area contributed by atoms with E-state index in [2.05, 4.69) is 13.8 Å². The van der Waals surface area contributed by atoms with Crippen molar-refractivity contribution in [3.8, 4) is 0 Å². The fourth-order valence-electron chi connectivity index (χ4n) is 5.68. The number of imide groups is 1. The average Bonchev–Trinajstić information content (AvgIpc) is 3.05. The summed E-state index contributed by atoms with van der Waals surface area (Å²) in [5.41, 5.74) is -1.55. The Bertz CT molecular complexity index is 562. The zero-order valence-corrected chi connectivity index (χ0v) is 13.0. The molecule has 21 heavy (non-hydrogen) atoms. The van der Waals surface area contributed by atoms with Crippen molar-refractivity contribution in [2.75, 3.05) is 6.61 Å². The van der Waals surface area contributed by atoms with Crippen LogP contribution in [0.15, 0.2) is 0 Å². The number of nitrogens with zero attached hydrogens (tertiary/aromatic N) is 1. The van der Waals surface area contributed by atoms with Gasteiger partial charge in [0.15, 0.2) is 0 Å². The van der Waals surface area contributed by atoms with Crippen LogP contribution in [0.4, 0.5) is 0 Å². The largest absolute Gasteiger partial charge is 0.394 e. The van der Waals surface area contributed by atoms with Crippen LogP contribution in [-0.2, 0) is 14.3 Å². The third-order valence-electron chi connectivity index (χ3n) is 6.96. The van der Waals surface area contributed by atoms with Gasteiger partial charge >= 0.3 is 0 Å². The number of carbonyl (C=O) groups excluding carboxylic acids is 2. The Morgan fingerprint density at radius 3 is 2.71 bits per heavy atom. The summed E-state index contributed by atoms with van der Waals surface area (Å²) in [4.78, 5) is 27.1. The predicted octanol–water partition coefficient (Wildman–Crippen LogP) is 0.946. The van der Waals surface area contributed by atoms with E-state index in [1.54, 1.807) is 6.92 Å². The van der Waals surface area contributed by atoms with Crippen molar-refractivity contribution >= 4 is 11.8 Å². The fraction of sp³-hybridized carbons (Fsp3) is 0.875. The number of ether oxygens (including phenoxy) is 1. The van der Waals surface area contributed by atoms with Gasteiger partial charge in [-0.25, -0.2) is 0 Å². The number of carbonyl (C=O) groups is 2. The fourth-order valence-corrected chi connectivity index (χ4v) is 5.68. The van der Waals surface area contributed by atoms with Gasteiger partial charge in [0.25, 0.3) is 0 Å². The molecule has 1 aliphatic carbocycles. The first kappa shape index (κ1) is 13.7. The summed E-state index contributed by atoms with van der Waals surface area (Å²) in [6, 6.07) is -0.442. The van der Waals surface area contributed by atoms with Crippen LogP contribution in [0.3, 0.4) is 0 Å². The summed E-state index contributed by atoms with van der Waals surface area (Å²) in [5.74, 6) is -0.0456. The molecule has 116 valence electrons. The summed E-state index contributed by atoms with van der Waals surface area (Å²) >= 11 is 0. The third kappa shape index (κ3) is 1.13. The lowest BCUT2D eigenvalue weighted by molar-refractivity contribution is -0.190. The maximum absolute atomic E-state index is 13.1. The van der Waals surface area contributed by atoms with E-state index in [0.717, 1.165) is 12.8 Å². The second-order valence-corrected chi connectivity index (χ2v) is 7.83. The second-order valence-electron chi connectivity index (χ2n) is 7.83. The van der Waals surface area contributed by atoms with E-state index in [0.29, 0.717) is 5.92 Å². The number of likely N-dealkylation sites (tertiary alicyclic amines) is 1. The maximum Gasteiger partial charge on any atom is 0.239 e. The monoisotopic (exact) mass is 293 g/mol. The summed E-state index contributed by atoms with van der Waals surface area (Å²) < 4.78 is 6.37. The number of piperidine rings is 1. The van der Waals surface area contributed by atoms with Crippen LogP contribution >= 0.6 is 0 Å². The van der Waals surface area contributed by atoms with Gasteiger partial charge in [-0.2, -0.15) is 0 Å². The molecule has 0 aromatic rings. The summed E-state index contributed by atoms with van der Waals surface area (Å²) in [5, 5.41) is 9.34. The van der Waals surface area contributed by atoms with E-state index < -0.39 is 17.1 Å². The Balaban J connectivity index is 1.82. The molecule has 2 amide bonds. The summed E-state index contributed by atoms with van der Waals surface area (Å²) in [6.07, 6.45) is 1.87. The van der Waals surface area contributed by atoms with Gasteiger partial charge in [-0.1, -0.05) is 6.92 Å². The Hall–Kier alpha value is -0.940. The van der Waals surface area contributed by atoms with Crippen LogP contribution in [0.2, 0.25) is 0 Å². The third-order valence-corrected chi connectivity index (χ3v) is 6.96. The minimum absolute atomic E-state index is 0.0228. The van der Waals surface area contributed by atoms with Crippen molar-refractivity contribution in [3.63, 3.8) is 0 Å². The predicted molar refractivity (Wildman–Crippen MR) is 74.1 cm³/mol. The topological polar surface area (TPSA) is 66.8 Å². The molecule has 4 rings (SSSR count). The molecule has 1 saturated carbocycles. The molecule has 7 unspecified atom stereocenters. The van der Waals surface area contributed by atoms with Crippen LogP contribution in [0.25, 0.3) is 0 Å². The normalized spacial score (nSPS) is 55.5. The maximum atomic E-state index is 13.1. The van der Waals surface area contributed by atoms with E-state index in [1.807, 2.05) is 6.92 Å². The Kier molecular flexibility index (Phi) is 2.29. The van der Waals surface area contributed by atoms with Crippen molar-refractivity contribution in [3.05, 3.63) is 0 Å². The lowest BCUT2D eigenvalue weighted by Crippen LogP contribution is -2.50. The smallest absolute Gasteiger partial charge is 0.239 e. The minimum Gasteiger partial charge on any atom is -0.394 e. The van der Waals surface area contributed by atoms with Crippen LogP contribution in [-0.4, -0.2) is 45.7 Å². The number of amides is 2. The molecule has 4 fully saturated rings. The van der Waals surface area contributed by atoms with Crippen molar-refractivity contribution in [1.82, 2.24) is 4.90 Å². The van der Waals surface area contributed by atoms with Gasteiger partial charge in [0.05, 0.1) is 35.2 Å². The molecule has 5 heteroatoms. The van der Waals surface area contributed by atoms with Crippen molar-refractivity contribution < 1.29 is 19.4 Å².